The number of fused-ring (bicyclic) bond motifs is 1. The standard InChI is InChI=1S/C15H21N3O3/c1-17-3-2-13-11(8-17)6-16-7-14(13)15(20)18-4-5-21-10-12(18)9-19/h6-7,12,19H,2-5,8-10H2,1H3. The number of nitrogens with zero attached hydrogens (tertiary/aromatic N) is 3. The van der Waals surface area contributed by atoms with E-state index in [1.54, 1.807) is 11.1 Å². The van der Waals surface area contributed by atoms with E-state index >= 15 is 0 Å². The van der Waals surface area contributed by atoms with Crippen molar-refractivity contribution in [3.05, 3.63) is 29.1 Å². The van der Waals surface area contributed by atoms with E-state index in [0.717, 1.165) is 30.6 Å². The predicted octanol–water partition coefficient (Wildman–Crippen LogP) is -0.0972. The van der Waals surface area contributed by atoms with E-state index in [9.17, 15) is 9.90 Å². The van der Waals surface area contributed by atoms with Gasteiger partial charge >= 0.3 is 0 Å². The van der Waals surface area contributed by atoms with E-state index in [1.807, 2.05) is 6.20 Å². The molecule has 0 saturated carbocycles. The van der Waals surface area contributed by atoms with Gasteiger partial charge in [0.1, 0.15) is 0 Å². The highest BCUT2D eigenvalue weighted by Crippen LogP contribution is 2.23. The number of carbonyl (C=O) groups excluding carboxylic acids is 1. The first-order valence-electron chi connectivity index (χ1n) is 7.34. The zero-order valence-corrected chi connectivity index (χ0v) is 12.3. The maximum absolute atomic E-state index is 12.8. The number of rotatable bonds is 2. The first-order valence-corrected chi connectivity index (χ1v) is 7.34. The van der Waals surface area contributed by atoms with Crippen LogP contribution in [0.15, 0.2) is 12.4 Å². The van der Waals surface area contributed by atoms with Gasteiger partial charge in [0.25, 0.3) is 5.91 Å². The fraction of sp³-hybridized carbons (Fsp3) is 0.600. The Bertz CT molecular complexity index is 535. The molecule has 1 aromatic heterocycles. The number of ether oxygens (including phenoxy) is 1. The molecular formula is C15H21N3O3. The van der Waals surface area contributed by atoms with E-state index in [1.165, 1.54) is 0 Å². The van der Waals surface area contributed by atoms with Crippen LogP contribution < -0.4 is 0 Å². The SMILES string of the molecule is CN1CCc2c(cncc2C(=O)N2CCOCC2CO)C1. The zero-order chi connectivity index (χ0) is 14.8. The van der Waals surface area contributed by atoms with Crippen LogP contribution in [0.5, 0.6) is 0 Å². The van der Waals surface area contributed by atoms with Crippen LogP contribution in [0.25, 0.3) is 0 Å². The van der Waals surface area contributed by atoms with Gasteiger partial charge in [-0.3, -0.25) is 9.78 Å². The van der Waals surface area contributed by atoms with Crippen LogP contribution in [0, 0.1) is 0 Å². The molecule has 1 unspecified atom stereocenters. The van der Waals surface area contributed by atoms with Crippen molar-refractivity contribution in [1.29, 1.82) is 0 Å². The van der Waals surface area contributed by atoms with E-state index < -0.39 is 0 Å². The number of amides is 1. The van der Waals surface area contributed by atoms with Crippen LogP contribution >= 0.6 is 0 Å². The Labute approximate surface area is 124 Å². The third-order valence-corrected chi connectivity index (χ3v) is 4.26. The maximum atomic E-state index is 12.8. The third kappa shape index (κ3) is 2.79. The zero-order valence-electron chi connectivity index (χ0n) is 12.3. The molecule has 1 N–H and O–H groups in total. The molecule has 2 aliphatic heterocycles. The summed E-state index contributed by atoms with van der Waals surface area (Å²) in [5.74, 6) is -0.0359. The summed E-state index contributed by atoms with van der Waals surface area (Å²) in [5, 5.41) is 9.43. The summed E-state index contributed by atoms with van der Waals surface area (Å²) in [6.07, 6.45) is 4.38. The van der Waals surface area contributed by atoms with Gasteiger partial charge in [0.15, 0.2) is 0 Å². The molecular weight excluding hydrogens is 270 g/mol. The van der Waals surface area contributed by atoms with Gasteiger partial charge in [-0.15, -0.1) is 0 Å². The lowest BCUT2D eigenvalue weighted by molar-refractivity contribution is -0.0184. The molecule has 0 bridgehead atoms. The summed E-state index contributed by atoms with van der Waals surface area (Å²) in [5.41, 5.74) is 2.92. The summed E-state index contributed by atoms with van der Waals surface area (Å²) < 4.78 is 5.34. The Morgan fingerprint density at radius 1 is 1.48 bits per heavy atom. The van der Waals surface area contributed by atoms with Crippen molar-refractivity contribution in [2.24, 2.45) is 0 Å². The van der Waals surface area contributed by atoms with Gasteiger partial charge in [-0.2, -0.15) is 0 Å². The first-order chi connectivity index (χ1) is 10.2. The lowest BCUT2D eigenvalue weighted by Gasteiger charge is -2.35. The highest BCUT2D eigenvalue weighted by atomic mass is 16.5. The lowest BCUT2D eigenvalue weighted by atomic mass is 9.96. The lowest BCUT2D eigenvalue weighted by Crippen LogP contribution is -2.50. The Morgan fingerprint density at radius 3 is 3.14 bits per heavy atom. The highest BCUT2D eigenvalue weighted by Gasteiger charge is 2.30. The number of carbonyl (C=O) groups is 1. The Balaban J connectivity index is 1.89. The average molecular weight is 291 g/mol. The maximum Gasteiger partial charge on any atom is 0.256 e. The van der Waals surface area contributed by atoms with Crippen LogP contribution in [0.1, 0.15) is 21.5 Å². The van der Waals surface area contributed by atoms with Crippen LogP contribution in [0.2, 0.25) is 0 Å². The molecule has 3 rings (SSSR count). The number of hydrogen-bond acceptors (Lipinski definition) is 5. The average Bonchev–Trinajstić information content (AvgIpc) is 2.53. The fourth-order valence-electron chi connectivity index (χ4n) is 3.05. The van der Waals surface area contributed by atoms with Gasteiger partial charge in [-0.1, -0.05) is 0 Å². The second-order valence-electron chi connectivity index (χ2n) is 5.72. The van der Waals surface area contributed by atoms with Gasteiger partial charge in [0.05, 0.1) is 31.4 Å². The minimum atomic E-state index is -0.256. The molecule has 6 nitrogen and oxygen atoms in total. The summed E-state index contributed by atoms with van der Waals surface area (Å²) in [6, 6.07) is -0.256. The number of likely N-dealkylation sites (N-methyl/N-ethyl adjacent to an activating group) is 1. The third-order valence-electron chi connectivity index (χ3n) is 4.26. The second kappa shape index (κ2) is 6.09. The van der Waals surface area contributed by atoms with Crippen molar-refractivity contribution in [1.82, 2.24) is 14.8 Å². The monoisotopic (exact) mass is 291 g/mol. The molecule has 21 heavy (non-hydrogen) atoms. The van der Waals surface area contributed by atoms with Crippen molar-refractivity contribution in [3.8, 4) is 0 Å². The molecule has 0 spiro atoms. The van der Waals surface area contributed by atoms with Crippen LogP contribution in [0.4, 0.5) is 0 Å². The van der Waals surface area contributed by atoms with Crippen molar-refractivity contribution < 1.29 is 14.6 Å². The van der Waals surface area contributed by atoms with Crippen molar-refractivity contribution in [3.63, 3.8) is 0 Å². The van der Waals surface area contributed by atoms with Crippen molar-refractivity contribution in [2.45, 2.75) is 19.0 Å². The largest absolute Gasteiger partial charge is 0.394 e. The topological polar surface area (TPSA) is 65.9 Å². The second-order valence-corrected chi connectivity index (χ2v) is 5.72. The van der Waals surface area contributed by atoms with E-state index in [2.05, 4.69) is 16.9 Å². The molecule has 1 amide bonds. The molecule has 2 aliphatic rings. The molecule has 0 aromatic carbocycles. The van der Waals surface area contributed by atoms with Gasteiger partial charge < -0.3 is 19.6 Å². The molecule has 1 aromatic rings. The number of aliphatic hydroxyl groups is 1. The minimum absolute atomic E-state index is 0.0359. The van der Waals surface area contributed by atoms with Gasteiger partial charge in [-0.25, -0.2) is 0 Å². The molecule has 6 heteroatoms. The minimum Gasteiger partial charge on any atom is -0.394 e. The summed E-state index contributed by atoms with van der Waals surface area (Å²) in [4.78, 5) is 21.0. The number of pyridine rings is 1. The quantitative estimate of drug-likeness (QED) is 0.824. The fourth-order valence-corrected chi connectivity index (χ4v) is 3.05. The first kappa shape index (κ1) is 14.4. The molecule has 1 atom stereocenters. The Hall–Kier alpha value is -1.50. The van der Waals surface area contributed by atoms with Gasteiger partial charge in [-0.05, 0) is 24.6 Å². The number of hydrogen-bond donors (Lipinski definition) is 1. The van der Waals surface area contributed by atoms with E-state index in [0.29, 0.717) is 25.3 Å². The van der Waals surface area contributed by atoms with E-state index in [4.69, 9.17) is 4.74 Å². The predicted molar refractivity (Wildman–Crippen MR) is 77.0 cm³/mol. The summed E-state index contributed by atoms with van der Waals surface area (Å²) in [6.45, 7) is 3.14. The van der Waals surface area contributed by atoms with Crippen LogP contribution in [0.3, 0.4) is 0 Å². The van der Waals surface area contributed by atoms with Gasteiger partial charge in [0, 0.05) is 32.0 Å². The van der Waals surface area contributed by atoms with Crippen molar-refractivity contribution >= 4 is 5.91 Å². The van der Waals surface area contributed by atoms with Gasteiger partial charge in [0.2, 0.25) is 0 Å². The number of aliphatic hydroxyl groups excluding tert-OH is 1. The molecule has 0 aliphatic carbocycles. The Morgan fingerprint density at radius 2 is 2.33 bits per heavy atom. The summed E-state index contributed by atoms with van der Waals surface area (Å²) >= 11 is 0. The van der Waals surface area contributed by atoms with E-state index in [-0.39, 0.29) is 18.6 Å². The number of morpholine rings is 1. The molecule has 3 heterocycles. The normalized spacial score (nSPS) is 23.0. The van der Waals surface area contributed by atoms with Crippen LogP contribution in [-0.4, -0.2) is 71.8 Å². The number of aromatic nitrogens is 1. The Kier molecular flexibility index (Phi) is 4.19. The molecule has 1 fully saturated rings. The van der Waals surface area contributed by atoms with Crippen LogP contribution in [-0.2, 0) is 17.7 Å². The molecule has 114 valence electrons. The van der Waals surface area contributed by atoms with Crippen molar-refractivity contribution in [2.75, 3.05) is 40.0 Å². The highest BCUT2D eigenvalue weighted by molar-refractivity contribution is 5.96. The summed E-state index contributed by atoms with van der Waals surface area (Å²) in [7, 11) is 2.07. The smallest absolute Gasteiger partial charge is 0.256 e. The molecule has 0 radical (unpaired) electrons. The molecule has 1 saturated heterocycles.